The molecule has 1 aromatic heterocycles. The van der Waals surface area contributed by atoms with E-state index in [1.165, 1.54) is 22.3 Å². The first-order valence-corrected chi connectivity index (χ1v) is 17.9. The van der Waals surface area contributed by atoms with E-state index < -0.39 is 0 Å². The van der Waals surface area contributed by atoms with Crippen LogP contribution in [-0.2, 0) is 5.41 Å². The smallest absolute Gasteiger partial charge is 0.187 e. The predicted molar refractivity (Wildman–Crippen MR) is 218 cm³/mol. The third-order valence-electron chi connectivity index (χ3n) is 10.5. The highest BCUT2D eigenvalue weighted by molar-refractivity contribution is 5.86. The number of benzene rings is 7. The summed E-state index contributed by atoms with van der Waals surface area (Å²) < 4.78 is 0. The van der Waals surface area contributed by atoms with Crippen molar-refractivity contribution in [3.05, 3.63) is 198 Å². The van der Waals surface area contributed by atoms with Crippen molar-refractivity contribution in [3.63, 3.8) is 0 Å². The summed E-state index contributed by atoms with van der Waals surface area (Å²) in [5, 5.41) is 0. The summed E-state index contributed by atoms with van der Waals surface area (Å²) in [7, 11) is 0. The molecule has 3 heteroatoms. The fourth-order valence-electron chi connectivity index (χ4n) is 7.65. The van der Waals surface area contributed by atoms with Crippen LogP contribution >= 0.6 is 0 Å². The van der Waals surface area contributed by atoms with Crippen molar-refractivity contribution >= 4 is 5.69 Å². The van der Waals surface area contributed by atoms with Gasteiger partial charge in [-0.3, -0.25) is 0 Å². The van der Waals surface area contributed by atoms with Crippen molar-refractivity contribution in [1.82, 2.24) is 9.97 Å². The van der Waals surface area contributed by atoms with Crippen LogP contribution in [0.2, 0.25) is 0 Å². The summed E-state index contributed by atoms with van der Waals surface area (Å²) in [5.74, 6) is 0.680. The summed E-state index contributed by atoms with van der Waals surface area (Å²) >= 11 is 0. The van der Waals surface area contributed by atoms with E-state index in [9.17, 15) is 0 Å². The van der Waals surface area contributed by atoms with Crippen LogP contribution in [0.3, 0.4) is 0 Å². The van der Waals surface area contributed by atoms with Gasteiger partial charge in [-0.1, -0.05) is 159 Å². The summed E-state index contributed by atoms with van der Waals surface area (Å²) in [6, 6.07) is 61.7. The van der Waals surface area contributed by atoms with Crippen molar-refractivity contribution in [3.8, 4) is 78.4 Å². The highest BCUT2D eigenvalue weighted by atomic mass is 14.9. The molecular weight excluding hydrogens is 643 g/mol. The SMILES string of the molecule is [C-]#[N+]c1ccc2c(c1)C(C)(C)c1ccc(-c3ccc(-c4nc(-c5ccccc5)cc(-c5cc(-c6ccccc6)cc(-c6ccccc6)c5)n4)cc3)cc1-2. The molecule has 250 valence electrons. The second-order valence-electron chi connectivity index (χ2n) is 14.2. The highest BCUT2D eigenvalue weighted by Crippen LogP contribution is 2.50. The van der Waals surface area contributed by atoms with Gasteiger partial charge in [0.1, 0.15) is 0 Å². The van der Waals surface area contributed by atoms with Gasteiger partial charge in [0.15, 0.2) is 11.5 Å². The Bertz CT molecular complexity index is 2610. The van der Waals surface area contributed by atoms with Crippen LogP contribution in [-0.4, -0.2) is 9.97 Å². The van der Waals surface area contributed by atoms with Gasteiger partial charge in [-0.05, 0) is 86.0 Å². The first kappa shape index (κ1) is 32.0. The van der Waals surface area contributed by atoms with Crippen molar-refractivity contribution in [2.24, 2.45) is 0 Å². The van der Waals surface area contributed by atoms with Gasteiger partial charge in [0.2, 0.25) is 0 Å². The Labute approximate surface area is 310 Å². The molecule has 0 fully saturated rings. The Hall–Kier alpha value is -6.89. The van der Waals surface area contributed by atoms with E-state index >= 15 is 0 Å². The Balaban J connectivity index is 1.14. The van der Waals surface area contributed by atoms with Crippen LogP contribution in [0.1, 0.15) is 25.0 Å². The van der Waals surface area contributed by atoms with Crippen molar-refractivity contribution in [1.29, 1.82) is 0 Å². The molecule has 9 rings (SSSR count). The molecule has 53 heavy (non-hydrogen) atoms. The first-order chi connectivity index (χ1) is 25.9. The van der Waals surface area contributed by atoms with Crippen molar-refractivity contribution < 1.29 is 0 Å². The minimum Gasteiger partial charge on any atom is -0.238 e. The van der Waals surface area contributed by atoms with Gasteiger partial charge in [-0.15, -0.1) is 0 Å². The van der Waals surface area contributed by atoms with Crippen LogP contribution in [0.25, 0.3) is 83.3 Å². The van der Waals surface area contributed by atoms with E-state index in [-0.39, 0.29) is 5.41 Å². The fourth-order valence-corrected chi connectivity index (χ4v) is 7.65. The maximum Gasteiger partial charge on any atom is 0.187 e. The molecule has 1 aliphatic carbocycles. The van der Waals surface area contributed by atoms with E-state index in [1.807, 2.05) is 12.1 Å². The lowest BCUT2D eigenvalue weighted by Crippen LogP contribution is -2.14. The van der Waals surface area contributed by atoms with E-state index in [0.29, 0.717) is 11.5 Å². The molecule has 7 aromatic carbocycles. The van der Waals surface area contributed by atoms with E-state index in [1.54, 1.807) is 0 Å². The van der Waals surface area contributed by atoms with E-state index in [2.05, 4.69) is 182 Å². The van der Waals surface area contributed by atoms with Crippen LogP contribution in [0.4, 0.5) is 5.69 Å². The number of nitrogens with zero attached hydrogens (tertiary/aromatic N) is 3. The topological polar surface area (TPSA) is 30.1 Å². The van der Waals surface area contributed by atoms with Gasteiger partial charge >= 0.3 is 0 Å². The van der Waals surface area contributed by atoms with Gasteiger partial charge in [-0.25, -0.2) is 14.8 Å². The molecule has 8 aromatic rings. The van der Waals surface area contributed by atoms with Crippen LogP contribution in [0.15, 0.2) is 176 Å². The van der Waals surface area contributed by atoms with Crippen LogP contribution in [0, 0.1) is 6.57 Å². The van der Waals surface area contributed by atoms with Crippen LogP contribution in [0.5, 0.6) is 0 Å². The normalized spacial score (nSPS) is 12.5. The molecule has 0 spiro atoms. The average molecular weight is 678 g/mol. The van der Waals surface area contributed by atoms with Gasteiger partial charge in [0.25, 0.3) is 0 Å². The lowest BCUT2D eigenvalue weighted by Gasteiger charge is -2.21. The Morgan fingerprint density at radius 2 is 0.906 bits per heavy atom. The van der Waals surface area contributed by atoms with Crippen molar-refractivity contribution in [2.45, 2.75) is 19.3 Å². The van der Waals surface area contributed by atoms with Gasteiger partial charge < -0.3 is 0 Å². The average Bonchev–Trinajstić information content (AvgIpc) is 3.46. The first-order valence-electron chi connectivity index (χ1n) is 17.9. The molecule has 0 unspecified atom stereocenters. The number of rotatable bonds is 6. The summed E-state index contributed by atoms with van der Waals surface area (Å²) in [4.78, 5) is 14.1. The molecule has 0 N–H and O–H groups in total. The van der Waals surface area contributed by atoms with Crippen molar-refractivity contribution in [2.75, 3.05) is 0 Å². The minimum absolute atomic E-state index is 0.158. The lowest BCUT2D eigenvalue weighted by atomic mass is 9.82. The molecule has 0 saturated carbocycles. The summed E-state index contributed by atoms with van der Waals surface area (Å²) in [5.41, 5.74) is 17.1. The minimum atomic E-state index is -0.158. The molecular formula is C50H35N3. The van der Waals surface area contributed by atoms with E-state index in [4.69, 9.17) is 16.5 Å². The maximum absolute atomic E-state index is 7.53. The zero-order valence-electron chi connectivity index (χ0n) is 29.6. The number of fused-ring (bicyclic) bond motifs is 3. The Morgan fingerprint density at radius 1 is 0.396 bits per heavy atom. The molecule has 0 radical (unpaired) electrons. The number of hydrogen-bond donors (Lipinski definition) is 0. The molecule has 1 heterocycles. The zero-order valence-corrected chi connectivity index (χ0v) is 29.6. The molecule has 1 aliphatic rings. The van der Waals surface area contributed by atoms with Gasteiger partial charge in [0.05, 0.1) is 18.0 Å². The fraction of sp³-hybridized carbons (Fsp3) is 0.0600. The molecule has 0 aliphatic heterocycles. The quantitative estimate of drug-likeness (QED) is 0.164. The molecule has 0 bridgehead atoms. The zero-order chi connectivity index (χ0) is 35.9. The molecule has 0 saturated heterocycles. The second kappa shape index (κ2) is 13.0. The molecule has 0 atom stereocenters. The van der Waals surface area contributed by atoms with Gasteiger partial charge in [0, 0.05) is 22.1 Å². The van der Waals surface area contributed by atoms with Crippen LogP contribution < -0.4 is 0 Å². The Morgan fingerprint density at radius 3 is 1.51 bits per heavy atom. The van der Waals surface area contributed by atoms with Gasteiger partial charge in [-0.2, -0.15) is 0 Å². The molecule has 0 amide bonds. The Kier molecular flexibility index (Phi) is 7.87. The summed E-state index contributed by atoms with van der Waals surface area (Å²) in [6.45, 7) is 12.0. The second-order valence-corrected chi connectivity index (χ2v) is 14.2. The maximum atomic E-state index is 7.53. The third-order valence-corrected chi connectivity index (χ3v) is 10.5. The monoisotopic (exact) mass is 677 g/mol. The molecule has 3 nitrogen and oxygen atoms in total. The number of hydrogen-bond acceptors (Lipinski definition) is 2. The standard InChI is InChI=1S/C50H35N3/c1-50(2)45-26-23-38(30-44(45)43-25-24-42(51-3)31-46(43)50)35-19-21-37(22-20-35)49-52-47(36-17-11-6-12-18-36)32-48(53-49)41-28-39(33-13-7-4-8-14-33)27-40(29-41)34-15-9-5-10-16-34/h4-32H,1-2H3. The third kappa shape index (κ3) is 5.91. The summed E-state index contributed by atoms with van der Waals surface area (Å²) in [6.07, 6.45) is 0. The highest BCUT2D eigenvalue weighted by Gasteiger charge is 2.35. The number of aromatic nitrogens is 2. The predicted octanol–water partition coefficient (Wildman–Crippen LogP) is 13.3. The largest absolute Gasteiger partial charge is 0.238 e. The lowest BCUT2D eigenvalue weighted by molar-refractivity contribution is 0.661. The van der Waals surface area contributed by atoms with E-state index in [0.717, 1.165) is 61.5 Å².